The predicted octanol–water partition coefficient (Wildman–Crippen LogP) is 4.51. The van der Waals surface area contributed by atoms with Crippen molar-refractivity contribution in [3.05, 3.63) is 70.8 Å². The molecule has 0 fully saturated rings. The van der Waals surface area contributed by atoms with Crippen molar-refractivity contribution in [1.29, 1.82) is 0 Å². The zero-order valence-electron chi connectivity index (χ0n) is 11.6. The largest absolute Gasteiger partial charge is 0.294 e. The van der Waals surface area contributed by atoms with E-state index >= 15 is 0 Å². The first-order valence-electron chi connectivity index (χ1n) is 6.82. The van der Waals surface area contributed by atoms with Crippen molar-refractivity contribution < 1.29 is 4.79 Å². The number of carbonyl (C=O) groups excluding carboxylic acids is 1. The maximum absolute atomic E-state index is 12.2. The maximum atomic E-state index is 12.2. The van der Waals surface area contributed by atoms with Crippen LogP contribution in [0, 0.1) is 13.8 Å². The Balaban J connectivity index is 1.93. The third kappa shape index (κ3) is 3.54. The highest BCUT2D eigenvalue weighted by Crippen LogP contribution is 2.16. The van der Waals surface area contributed by atoms with Gasteiger partial charge in [0.2, 0.25) is 0 Å². The van der Waals surface area contributed by atoms with Crippen molar-refractivity contribution in [3.8, 4) is 0 Å². The van der Waals surface area contributed by atoms with E-state index in [1.165, 1.54) is 11.1 Å². The van der Waals surface area contributed by atoms with Crippen LogP contribution in [0.5, 0.6) is 0 Å². The standard InChI is InChI=1S/C18H20O/c1-14-8-6-12-17(15(14)2)18(19)13-7-11-16-9-4-3-5-10-16/h3-6,8-10,12H,7,11,13H2,1-2H3. The van der Waals surface area contributed by atoms with Crippen molar-refractivity contribution in [2.75, 3.05) is 0 Å². The molecular weight excluding hydrogens is 232 g/mol. The summed E-state index contributed by atoms with van der Waals surface area (Å²) in [7, 11) is 0. The minimum Gasteiger partial charge on any atom is -0.294 e. The number of hydrogen-bond acceptors (Lipinski definition) is 1. The van der Waals surface area contributed by atoms with Crippen molar-refractivity contribution in [2.24, 2.45) is 0 Å². The Morgan fingerprint density at radius 3 is 2.42 bits per heavy atom. The zero-order valence-corrected chi connectivity index (χ0v) is 11.6. The lowest BCUT2D eigenvalue weighted by Gasteiger charge is -2.07. The molecule has 0 spiro atoms. The molecule has 98 valence electrons. The van der Waals surface area contributed by atoms with Gasteiger partial charge < -0.3 is 0 Å². The van der Waals surface area contributed by atoms with Crippen LogP contribution in [0.3, 0.4) is 0 Å². The minimum absolute atomic E-state index is 0.261. The normalized spacial score (nSPS) is 10.4. The summed E-state index contributed by atoms with van der Waals surface area (Å²) >= 11 is 0. The summed E-state index contributed by atoms with van der Waals surface area (Å²) in [5, 5.41) is 0. The number of benzene rings is 2. The third-order valence-corrected chi connectivity index (χ3v) is 3.62. The van der Waals surface area contributed by atoms with E-state index in [9.17, 15) is 4.79 Å². The summed E-state index contributed by atoms with van der Waals surface area (Å²) in [4.78, 5) is 12.2. The van der Waals surface area contributed by atoms with E-state index in [-0.39, 0.29) is 5.78 Å². The Bertz CT molecular complexity index is 555. The first kappa shape index (κ1) is 13.5. The van der Waals surface area contributed by atoms with Crippen LogP contribution in [-0.4, -0.2) is 5.78 Å². The molecule has 0 aromatic heterocycles. The highest BCUT2D eigenvalue weighted by Gasteiger charge is 2.09. The Morgan fingerprint density at radius 2 is 1.68 bits per heavy atom. The van der Waals surface area contributed by atoms with E-state index in [1.807, 2.05) is 37.3 Å². The molecule has 0 aliphatic heterocycles. The molecule has 2 aromatic rings. The molecule has 19 heavy (non-hydrogen) atoms. The second-order valence-corrected chi connectivity index (χ2v) is 5.01. The topological polar surface area (TPSA) is 17.1 Å². The lowest BCUT2D eigenvalue weighted by atomic mass is 9.97. The smallest absolute Gasteiger partial charge is 0.163 e. The molecule has 0 aliphatic carbocycles. The third-order valence-electron chi connectivity index (χ3n) is 3.62. The van der Waals surface area contributed by atoms with Gasteiger partial charge in [-0.25, -0.2) is 0 Å². The first-order valence-corrected chi connectivity index (χ1v) is 6.82. The highest BCUT2D eigenvalue weighted by molar-refractivity contribution is 5.97. The Kier molecular flexibility index (Phi) is 4.51. The SMILES string of the molecule is Cc1cccc(C(=O)CCCc2ccccc2)c1C. The van der Waals surface area contributed by atoms with Gasteiger partial charge in [-0.05, 0) is 43.4 Å². The number of rotatable bonds is 5. The van der Waals surface area contributed by atoms with Crippen LogP contribution in [0.2, 0.25) is 0 Å². The molecule has 0 unspecified atom stereocenters. The summed E-state index contributed by atoms with van der Waals surface area (Å²) in [5.41, 5.74) is 4.49. The van der Waals surface area contributed by atoms with Gasteiger partial charge in [0, 0.05) is 12.0 Å². The van der Waals surface area contributed by atoms with Crippen molar-refractivity contribution in [3.63, 3.8) is 0 Å². The molecule has 0 saturated heterocycles. The molecular formula is C18H20O. The molecule has 2 rings (SSSR count). The molecule has 0 N–H and O–H groups in total. The van der Waals surface area contributed by atoms with Crippen LogP contribution >= 0.6 is 0 Å². The minimum atomic E-state index is 0.261. The molecule has 0 radical (unpaired) electrons. The maximum Gasteiger partial charge on any atom is 0.163 e. The molecule has 0 atom stereocenters. The van der Waals surface area contributed by atoms with E-state index < -0.39 is 0 Å². The Labute approximate surface area is 115 Å². The number of aryl methyl sites for hydroxylation is 2. The van der Waals surface area contributed by atoms with Crippen molar-refractivity contribution in [1.82, 2.24) is 0 Å². The van der Waals surface area contributed by atoms with Crippen LogP contribution < -0.4 is 0 Å². The van der Waals surface area contributed by atoms with Crippen LogP contribution in [-0.2, 0) is 6.42 Å². The van der Waals surface area contributed by atoms with Gasteiger partial charge in [0.25, 0.3) is 0 Å². The number of ketones is 1. The first-order chi connectivity index (χ1) is 9.18. The van der Waals surface area contributed by atoms with Gasteiger partial charge in [0.1, 0.15) is 0 Å². The van der Waals surface area contributed by atoms with Gasteiger partial charge in [-0.15, -0.1) is 0 Å². The van der Waals surface area contributed by atoms with Gasteiger partial charge in [-0.1, -0.05) is 48.5 Å². The molecule has 2 aromatic carbocycles. The molecule has 0 bridgehead atoms. The second kappa shape index (κ2) is 6.33. The van der Waals surface area contributed by atoms with E-state index in [4.69, 9.17) is 0 Å². The second-order valence-electron chi connectivity index (χ2n) is 5.01. The zero-order chi connectivity index (χ0) is 13.7. The average molecular weight is 252 g/mol. The van der Waals surface area contributed by atoms with Gasteiger partial charge in [-0.3, -0.25) is 4.79 Å². The molecule has 0 aliphatic rings. The summed E-state index contributed by atoms with van der Waals surface area (Å²) in [6.45, 7) is 4.08. The van der Waals surface area contributed by atoms with Crippen LogP contribution in [0.1, 0.15) is 39.9 Å². The van der Waals surface area contributed by atoms with Crippen LogP contribution in [0.4, 0.5) is 0 Å². The Hall–Kier alpha value is -1.89. The van der Waals surface area contributed by atoms with Crippen molar-refractivity contribution in [2.45, 2.75) is 33.1 Å². The Morgan fingerprint density at radius 1 is 0.947 bits per heavy atom. The van der Waals surface area contributed by atoms with Gasteiger partial charge in [0.05, 0.1) is 0 Å². The van der Waals surface area contributed by atoms with Gasteiger partial charge in [0.15, 0.2) is 5.78 Å². The molecule has 0 saturated carbocycles. The van der Waals surface area contributed by atoms with Gasteiger partial charge in [-0.2, -0.15) is 0 Å². The van der Waals surface area contributed by atoms with Crippen molar-refractivity contribution >= 4 is 5.78 Å². The lowest BCUT2D eigenvalue weighted by molar-refractivity contribution is 0.0979. The number of Topliss-reactive ketones (excluding diaryl/α,β-unsaturated/α-hetero) is 1. The monoisotopic (exact) mass is 252 g/mol. The van der Waals surface area contributed by atoms with E-state index in [0.717, 1.165) is 24.0 Å². The summed E-state index contributed by atoms with van der Waals surface area (Å²) < 4.78 is 0. The summed E-state index contributed by atoms with van der Waals surface area (Å²) in [6, 6.07) is 16.3. The molecule has 0 heterocycles. The van der Waals surface area contributed by atoms with Gasteiger partial charge >= 0.3 is 0 Å². The van der Waals surface area contributed by atoms with Crippen LogP contribution in [0.15, 0.2) is 48.5 Å². The number of hydrogen-bond donors (Lipinski definition) is 0. The molecule has 1 nitrogen and oxygen atoms in total. The number of carbonyl (C=O) groups is 1. The fraction of sp³-hybridized carbons (Fsp3) is 0.278. The molecule has 1 heteroatoms. The fourth-order valence-corrected chi connectivity index (χ4v) is 2.29. The molecule has 0 amide bonds. The van der Waals surface area contributed by atoms with Crippen LogP contribution in [0.25, 0.3) is 0 Å². The highest BCUT2D eigenvalue weighted by atomic mass is 16.1. The van der Waals surface area contributed by atoms with E-state index in [0.29, 0.717) is 6.42 Å². The lowest BCUT2D eigenvalue weighted by Crippen LogP contribution is -2.03. The van der Waals surface area contributed by atoms with E-state index in [2.05, 4.69) is 25.1 Å². The quantitative estimate of drug-likeness (QED) is 0.716. The fourth-order valence-electron chi connectivity index (χ4n) is 2.29. The summed E-state index contributed by atoms with van der Waals surface area (Å²) in [5.74, 6) is 0.261. The predicted molar refractivity (Wildman–Crippen MR) is 79.6 cm³/mol. The average Bonchev–Trinajstić information content (AvgIpc) is 2.43. The van der Waals surface area contributed by atoms with E-state index in [1.54, 1.807) is 0 Å². The summed E-state index contributed by atoms with van der Waals surface area (Å²) in [6.07, 6.45) is 2.51.